The van der Waals surface area contributed by atoms with Crippen molar-refractivity contribution in [2.24, 2.45) is 39.3 Å². The van der Waals surface area contributed by atoms with Gasteiger partial charge in [0.15, 0.2) is 0 Å². The van der Waals surface area contributed by atoms with Gasteiger partial charge in [-0.05, 0) is 30.1 Å². The zero-order chi connectivity index (χ0) is 9.50. The molecule has 0 aromatic heterocycles. The second-order valence-electron chi connectivity index (χ2n) is 6.04. The fourth-order valence-corrected chi connectivity index (χ4v) is 4.55. The van der Waals surface area contributed by atoms with Gasteiger partial charge >= 0.3 is 0 Å². The molecule has 2 saturated carbocycles. The van der Waals surface area contributed by atoms with Crippen LogP contribution < -0.4 is 0 Å². The van der Waals surface area contributed by atoms with Crippen LogP contribution in [0.2, 0.25) is 0 Å². The van der Waals surface area contributed by atoms with Gasteiger partial charge in [-0.25, -0.2) is 0 Å². The fourth-order valence-electron chi connectivity index (χ4n) is 4.55. The molecule has 1 aliphatic heterocycles. The van der Waals surface area contributed by atoms with E-state index >= 15 is 0 Å². The lowest BCUT2D eigenvalue weighted by atomic mass is 9.81. The van der Waals surface area contributed by atoms with Crippen molar-refractivity contribution < 1.29 is 0 Å². The highest BCUT2D eigenvalue weighted by Crippen LogP contribution is 2.65. The van der Waals surface area contributed by atoms with Crippen molar-refractivity contribution in [2.75, 3.05) is 0 Å². The minimum absolute atomic E-state index is 0.346. The van der Waals surface area contributed by atoms with Crippen molar-refractivity contribution >= 4 is 0 Å². The Morgan fingerprint density at radius 3 is 2.00 bits per heavy atom. The van der Waals surface area contributed by atoms with Crippen molar-refractivity contribution in [1.82, 2.24) is 0 Å². The fraction of sp³-hybridized carbons (Fsp3) is 0.833. The van der Waals surface area contributed by atoms with E-state index in [1.165, 1.54) is 6.42 Å². The third-order valence-electron chi connectivity index (χ3n) is 5.15. The molecule has 4 aliphatic rings. The van der Waals surface area contributed by atoms with Crippen LogP contribution in [0.5, 0.6) is 0 Å². The first-order chi connectivity index (χ1) is 6.69. The second kappa shape index (κ2) is 1.98. The minimum Gasteiger partial charge on any atom is -0.190 e. The van der Waals surface area contributed by atoms with Crippen LogP contribution in [-0.2, 0) is 0 Å². The van der Waals surface area contributed by atoms with E-state index in [-0.39, 0.29) is 0 Å². The van der Waals surface area contributed by atoms with Gasteiger partial charge in [0.2, 0.25) is 0 Å². The smallest absolute Gasteiger partial charge is 0.0817 e. The van der Waals surface area contributed by atoms with Gasteiger partial charge in [0.05, 0.1) is 12.1 Å². The van der Waals surface area contributed by atoms with Crippen molar-refractivity contribution in [1.29, 1.82) is 0 Å². The molecule has 0 spiro atoms. The van der Waals surface area contributed by atoms with Crippen LogP contribution in [0.15, 0.2) is 22.4 Å². The minimum atomic E-state index is 0.346. The van der Waals surface area contributed by atoms with Gasteiger partial charge in [-0.3, -0.25) is 0 Å². The first kappa shape index (κ1) is 7.61. The van der Waals surface area contributed by atoms with E-state index in [1.54, 1.807) is 0 Å². The highest BCUT2D eigenvalue weighted by Gasteiger charge is 2.66. The second-order valence-corrected chi connectivity index (χ2v) is 6.04. The molecule has 0 saturated heterocycles. The number of fused-ring (bicyclic) bond motifs is 9. The number of allylic oxidation sites excluding steroid dienone is 2. The molecule has 1 heterocycles. The molecule has 0 aromatic rings. The zero-order valence-corrected chi connectivity index (χ0v) is 8.72. The largest absolute Gasteiger partial charge is 0.190 e. The molecular weight excluding hydrogens is 172 g/mol. The third-order valence-corrected chi connectivity index (χ3v) is 5.15. The van der Waals surface area contributed by atoms with Crippen LogP contribution in [0.4, 0.5) is 0 Å². The molecule has 3 aliphatic carbocycles. The normalized spacial score (nSPS) is 59.9. The van der Waals surface area contributed by atoms with E-state index in [0.717, 1.165) is 23.7 Å². The molecular formula is C12H16N2. The Bertz CT molecular complexity index is 325. The molecule has 0 N–H and O–H groups in total. The van der Waals surface area contributed by atoms with Crippen molar-refractivity contribution in [3.63, 3.8) is 0 Å². The molecule has 4 rings (SSSR count). The Kier molecular flexibility index (Phi) is 1.07. The topological polar surface area (TPSA) is 24.7 Å². The molecule has 2 heteroatoms. The molecule has 0 aromatic carbocycles. The molecule has 4 bridgehead atoms. The molecule has 0 radical (unpaired) electrons. The Labute approximate surface area is 84.5 Å². The molecule has 0 unspecified atom stereocenters. The van der Waals surface area contributed by atoms with E-state index in [1.807, 2.05) is 0 Å². The van der Waals surface area contributed by atoms with Crippen LogP contribution in [0.3, 0.4) is 0 Å². The van der Waals surface area contributed by atoms with E-state index in [0.29, 0.717) is 17.5 Å². The first-order valence-corrected chi connectivity index (χ1v) is 5.78. The standard InChI is InChI=1S/C12H16N2/c1-12(2)10-8-6-3-4-7(5-6)9(8)11(12)14-13-10/h3-4,6-11H,5H2,1-2H3/t6-,7+,8+,9-,10+,11-. The zero-order valence-electron chi connectivity index (χ0n) is 8.72. The van der Waals surface area contributed by atoms with Crippen LogP contribution in [-0.4, -0.2) is 12.1 Å². The lowest BCUT2D eigenvalue weighted by molar-refractivity contribution is 0.289. The Morgan fingerprint density at radius 1 is 1.00 bits per heavy atom. The number of azo groups is 1. The average molecular weight is 188 g/mol. The van der Waals surface area contributed by atoms with Crippen molar-refractivity contribution in [3.05, 3.63) is 12.2 Å². The van der Waals surface area contributed by atoms with Gasteiger partial charge in [0, 0.05) is 5.41 Å². The van der Waals surface area contributed by atoms with E-state index < -0.39 is 0 Å². The predicted octanol–water partition coefficient (Wildman–Crippen LogP) is 2.67. The maximum Gasteiger partial charge on any atom is 0.0817 e. The summed E-state index contributed by atoms with van der Waals surface area (Å²) in [6.45, 7) is 4.72. The number of nitrogens with zero attached hydrogens (tertiary/aromatic N) is 2. The summed E-state index contributed by atoms with van der Waals surface area (Å²) in [5.74, 6) is 3.34. The highest BCUT2D eigenvalue weighted by molar-refractivity contribution is 5.26. The Morgan fingerprint density at radius 2 is 1.50 bits per heavy atom. The molecule has 2 nitrogen and oxygen atoms in total. The van der Waals surface area contributed by atoms with Crippen molar-refractivity contribution in [3.8, 4) is 0 Å². The van der Waals surface area contributed by atoms with Crippen LogP contribution >= 0.6 is 0 Å². The monoisotopic (exact) mass is 188 g/mol. The molecule has 14 heavy (non-hydrogen) atoms. The third kappa shape index (κ3) is 0.590. The quantitative estimate of drug-likeness (QED) is 0.412. The number of hydrogen-bond donors (Lipinski definition) is 0. The summed E-state index contributed by atoms with van der Waals surface area (Å²) in [5.41, 5.74) is 0.346. The SMILES string of the molecule is CC1(C)[C@@H]2N=N[C@H]1[C@@H]1[C@H]2[C@H]2C=C[C@@H]1C2. The summed E-state index contributed by atoms with van der Waals surface area (Å²) in [7, 11) is 0. The van der Waals surface area contributed by atoms with Crippen LogP contribution in [0.25, 0.3) is 0 Å². The molecule has 0 amide bonds. The summed E-state index contributed by atoms with van der Waals surface area (Å²) in [4.78, 5) is 0. The highest BCUT2D eigenvalue weighted by atomic mass is 15.2. The maximum absolute atomic E-state index is 4.51. The summed E-state index contributed by atoms with van der Waals surface area (Å²) in [6, 6.07) is 1.05. The summed E-state index contributed by atoms with van der Waals surface area (Å²) in [6.07, 6.45) is 6.28. The lowest BCUT2D eigenvalue weighted by Gasteiger charge is -2.26. The van der Waals surface area contributed by atoms with Gasteiger partial charge in [0.1, 0.15) is 0 Å². The van der Waals surface area contributed by atoms with Gasteiger partial charge in [0.25, 0.3) is 0 Å². The van der Waals surface area contributed by atoms with Gasteiger partial charge < -0.3 is 0 Å². The molecule has 74 valence electrons. The van der Waals surface area contributed by atoms with Gasteiger partial charge in [-0.15, -0.1) is 0 Å². The molecule has 6 atom stereocenters. The Balaban J connectivity index is 1.86. The van der Waals surface area contributed by atoms with Gasteiger partial charge in [-0.1, -0.05) is 26.0 Å². The summed E-state index contributed by atoms with van der Waals surface area (Å²) < 4.78 is 0. The Hall–Kier alpha value is -0.660. The van der Waals surface area contributed by atoms with E-state index in [4.69, 9.17) is 0 Å². The van der Waals surface area contributed by atoms with Crippen LogP contribution in [0.1, 0.15) is 20.3 Å². The number of hydrogen-bond acceptors (Lipinski definition) is 2. The predicted molar refractivity (Wildman–Crippen MR) is 53.9 cm³/mol. The maximum atomic E-state index is 4.51. The van der Waals surface area contributed by atoms with E-state index in [2.05, 4.69) is 36.2 Å². The number of rotatable bonds is 0. The van der Waals surface area contributed by atoms with E-state index in [9.17, 15) is 0 Å². The van der Waals surface area contributed by atoms with Crippen LogP contribution in [0, 0.1) is 29.1 Å². The first-order valence-electron chi connectivity index (χ1n) is 5.78. The van der Waals surface area contributed by atoms with Crippen molar-refractivity contribution in [2.45, 2.75) is 32.4 Å². The average Bonchev–Trinajstić information content (AvgIpc) is 2.84. The van der Waals surface area contributed by atoms with Gasteiger partial charge in [-0.2, -0.15) is 10.2 Å². The summed E-state index contributed by atoms with van der Waals surface area (Å²) in [5, 5.41) is 9.02. The lowest BCUT2D eigenvalue weighted by Crippen LogP contribution is -2.29. The summed E-state index contributed by atoms with van der Waals surface area (Å²) >= 11 is 0. The molecule has 2 fully saturated rings.